The van der Waals surface area contributed by atoms with Gasteiger partial charge in [-0.05, 0) is 25.7 Å². The quantitative estimate of drug-likeness (QED) is 0.0528. The van der Waals surface area contributed by atoms with Gasteiger partial charge in [0.15, 0.2) is 0 Å². The number of hydrogen-bond donors (Lipinski definition) is 0. The molecule has 0 bridgehead atoms. The molecule has 0 fully saturated rings. The number of unbranched alkanes of at least 4 members (excludes halogenated alkanes) is 18. The van der Waals surface area contributed by atoms with Gasteiger partial charge in [-0.25, -0.2) is 0 Å². The molecule has 46 heavy (non-hydrogen) atoms. The third-order valence-corrected chi connectivity index (χ3v) is 14.5. The van der Waals surface area contributed by atoms with E-state index in [4.69, 9.17) is 13.3 Å². The van der Waals surface area contributed by atoms with Crippen molar-refractivity contribution in [3.05, 3.63) is 0 Å². The Bertz CT molecular complexity index is 522. The van der Waals surface area contributed by atoms with Crippen molar-refractivity contribution in [2.45, 2.75) is 204 Å². The van der Waals surface area contributed by atoms with Gasteiger partial charge in [-0.2, -0.15) is 0 Å². The third-order valence-electron chi connectivity index (χ3n) is 7.75. The standard InChI is InChI=1S/2C12H24O2.C5H14O3Si.2C4H9.Sn/c2*1-2-3-4-5-6-7-8-9-10-11-12(13)14;1-5-9(6-2,7-3)8-4;2*1-3-4-2;/h2*2-11H2,1H3,(H,13,14);5H2,1-4H3;2*1,3-4H2,2H3;/q;;;;;+2/p-2. The van der Waals surface area contributed by atoms with Crippen molar-refractivity contribution in [1.29, 1.82) is 0 Å². The Kier molecular flexibility index (Phi) is 53.7. The van der Waals surface area contributed by atoms with E-state index in [1.165, 1.54) is 116 Å². The van der Waals surface area contributed by atoms with Crippen molar-refractivity contribution < 1.29 is 33.1 Å². The van der Waals surface area contributed by atoms with Gasteiger partial charge in [0.2, 0.25) is 0 Å². The molecule has 0 aliphatic rings. The van der Waals surface area contributed by atoms with Crippen LogP contribution in [0.3, 0.4) is 0 Å². The molecule has 0 heterocycles. The maximum absolute atomic E-state index is 10.1. The van der Waals surface area contributed by atoms with E-state index in [1.54, 1.807) is 30.2 Å². The van der Waals surface area contributed by atoms with Crippen LogP contribution >= 0.6 is 0 Å². The molecule has 0 amide bonds. The molecule has 7 nitrogen and oxygen atoms in total. The smallest absolute Gasteiger partial charge is 0.377 e. The fraction of sp³-hybridized carbons (Fsp3) is 0.946. The molecule has 0 N–H and O–H groups in total. The molecule has 0 aliphatic carbocycles. The van der Waals surface area contributed by atoms with Crippen molar-refractivity contribution >= 4 is 41.9 Å². The molecule has 0 radical (unpaired) electrons. The zero-order valence-electron chi connectivity index (χ0n) is 31.9. The second-order valence-corrected chi connectivity index (χ2v) is 19.6. The summed E-state index contributed by atoms with van der Waals surface area (Å²) in [6.45, 7) is 11.0. The summed E-state index contributed by atoms with van der Waals surface area (Å²) in [5.41, 5.74) is 0. The normalized spacial score (nSPS) is 10.4. The maximum Gasteiger partial charge on any atom is 0.499 e. The van der Waals surface area contributed by atoms with Gasteiger partial charge < -0.3 is 33.1 Å². The molecule has 0 spiro atoms. The average molecular weight is 782 g/mol. The fourth-order valence-electron chi connectivity index (χ4n) is 4.57. The number of rotatable bonds is 30. The molecule has 0 aromatic rings. The summed E-state index contributed by atoms with van der Waals surface area (Å²) in [7, 11) is 2.65. The number of carbonyl (C=O) groups is 2. The summed E-state index contributed by atoms with van der Waals surface area (Å²) >= 11 is 0.149. The van der Waals surface area contributed by atoms with Crippen LogP contribution in [0.2, 0.25) is 14.9 Å². The molecule has 0 aromatic carbocycles. The van der Waals surface area contributed by atoms with Crippen molar-refractivity contribution in [2.75, 3.05) is 21.3 Å². The van der Waals surface area contributed by atoms with Crippen LogP contribution < -0.4 is 10.2 Å². The van der Waals surface area contributed by atoms with Crippen molar-refractivity contribution in [3.8, 4) is 0 Å². The Hall–Kier alpha value is -0.164. The van der Waals surface area contributed by atoms with Gasteiger partial charge in [0.25, 0.3) is 0 Å². The van der Waals surface area contributed by atoms with Crippen LogP contribution in [0, 0.1) is 0 Å². The molecule has 9 heteroatoms. The number of aliphatic carboxylic acids is 2. The molecule has 0 unspecified atom stereocenters. The van der Waals surface area contributed by atoms with E-state index in [0.717, 1.165) is 31.7 Å². The van der Waals surface area contributed by atoms with Gasteiger partial charge in [-0.3, -0.25) is 0 Å². The van der Waals surface area contributed by atoms with Gasteiger partial charge in [0, 0.05) is 39.3 Å². The van der Waals surface area contributed by atoms with Crippen LogP contribution in [-0.2, 0) is 22.9 Å². The van der Waals surface area contributed by atoms with Crippen LogP contribution in [0.4, 0.5) is 0 Å². The first-order valence-corrected chi connectivity index (χ1v) is 24.9. The largest absolute Gasteiger partial charge is 0.499 e. The summed E-state index contributed by atoms with van der Waals surface area (Å²) in [6.07, 6.45) is 28.2. The van der Waals surface area contributed by atoms with E-state index in [9.17, 15) is 19.8 Å². The molecular formula is C37H78O7SiSn. The summed E-state index contributed by atoms with van der Waals surface area (Å²) in [5, 5.41) is 20.2. The van der Waals surface area contributed by atoms with E-state index in [-0.39, 0.29) is 34.0 Å². The molecule has 276 valence electrons. The third kappa shape index (κ3) is 50.7. The molecule has 0 rings (SSSR count). The molecule has 0 atom stereocenters. The van der Waals surface area contributed by atoms with Crippen LogP contribution in [0.1, 0.15) is 189 Å². The van der Waals surface area contributed by atoms with E-state index in [0.29, 0.717) is 0 Å². The topological polar surface area (TPSA) is 108 Å². The monoisotopic (exact) mass is 782 g/mol. The first kappa shape index (κ1) is 52.6. The fourth-order valence-corrected chi connectivity index (χ4v) is 10.1. The Morgan fingerprint density at radius 1 is 0.457 bits per heavy atom. The average Bonchev–Trinajstić information content (AvgIpc) is 3.05. The Morgan fingerprint density at radius 2 is 0.717 bits per heavy atom. The summed E-state index contributed by atoms with van der Waals surface area (Å²) in [5.74, 6) is -1.82. The summed E-state index contributed by atoms with van der Waals surface area (Å²) < 4.78 is 18.5. The predicted molar refractivity (Wildman–Crippen MR) is 196 cm³/mol. The molecular weight excluding hydrogens is 703 g/mol. The second kappa shape index (κ2) is 47.0. The van der Waals surface area contributed by atoms with Gasteiger partial charge in [-0.15, -0.1) is 0 Å². The molecule has 0 saturated carbocycles. The van der Waals surface area contributed by atoms with Gasteiger partial charge in [-0.1, -0.05) is 124 Å². The Morgan fingerprint density at radius 3 is 0.913 bits per heavy atom. The van der Waals surface area contributed by atoms with Crippen LogP contribution in [0.5, 0.6) is 0 Å². The summed E-state index contributed by atoms with van der Waals surface area (Å²) in [4.78, 5) is 20.2. The number of carbonyl (C=O) groups excluding carboxylic acids is 2. The van der Waals surface area contributed by atoms with Crippen LogP contribution in [0.25, 0.3) is 0 Å². The van der Waals surface area contributed by atoms with E-state index < -0.39 is 20.7 Å². The van der Waals surface area contributed by atoms with E-state index in [2.05, 4.69) is 27.7 Å². The first-order chi connectivity index (χ1) is 22.2. The number of carboxylic acids is 2. The SMILES string of the molecule is CCCCCCCCCCCC(=O)[O-].CCCCCCCCCCCC(=O)[O-].CCC[CH2][Sn+2][CH2]CCC.CC[Si](OC)(OC)OC. The molecule has 0 aliphatic heterocycles. The maximum atomic E-state index is 10.1. The molecule has 0 saturated heterocycles. The van der Waals surface area contributed by atoms with Gasteiger partial charge in [0.05, 0.1) is 0 Å². The minimum Gasteiger partial charge on any atom is -0.377 e. The minimum absolute atomic E-state index is 0.149. The van der Waals surface area contributed by atoms with Crippen LogP contribution in [0.15, 0.2) is 0 Å². The van der Waals surface area contributed by atoms with E-state index >= 15 is 0 Å². The predicted octanol–water partition coefficient (Wildman–Crippen LogP) is 9.33. The zero-order chi connectivity index (χ0) is 35.6. The van der Waals surface area contributed by atoms with E-state index in [1.807, 2.05) is 6.92 Å². The number of hydrogen-bond acceptors (Lipinski definition) is 7. The summed E-state index contributed by atoms with van der Waals surface area (Å²) in [6, 6.07) is 0.816. The zero-order valence-corrected chi connectivity index (χ0v) is 35.8. The first-order valence-electron chi connectivity index (χ1n) is 19.0. The number of carboxylic acid groups (broad SMARTS) is 2. The molecule has 0 aromatic heterocycles. The Balaban J connectivity index is -0.000000261. The van der Waals surface area contributed by atoms with Gasteiger partial charge in [0.1, 0.15) is 0 Å². The van der Waals surface area contributed by atoms with Gasteiger partial charge >= 0.3 is 78.4 Å². The second-order valence-electron chi connectivity index (χ2n) is 12.0. The van der Waals surface area contributed by atoms with Crippen LogP contribution in [-0.4, -0.2) is 63.2 Å². The minimum atomic E-state index is -2.19. The Labute approximate surface area is 298 Å². The van der Waals surface area contributed by atoms with Crippen molar-refractivity contribution in [2.24, 2.45) is 0 Å². The van der Waals surface area contributed by atoms with Crippen molar-refractivity contribution in [3.63, 3.8) is 0 Å². The van der Waals surface area contributed by atoms with Crippen molar-refractivity contribution in [1.82, 2.24) is 0 Å².